The number of ether oxygens (including phenoxy) is 1. The summed E-state index contributed by atoms with van der Waals surface area (Å²) in [6, 6.07) is 4.35. The number of piperazine rings is 1. The first-order chi connectivity index (χ1) is 10.1. The van der Waals surface area contributed by atoms with Gasteiger partial charge in [-0.15, -0.1) is 0 Å². The van der Waals surface area contributed by atoms with Crippen LogP contribution in [0.4, 0.5) is 4.39 Å². The standard InChI is InChI=1S/C15H17FN2O3/c1-21-11-4-2-3-10(13(11)16)8-18-12(19)7-17-15(20)14(18)9-5-6-9/h2-4,9,14H,5-8H2,1H3,(H,17,20). The Labute approximate surface area is 122 Å². The fraction of sp³-hybridized carbons (Fsp3) is 0.467. The first-order valence-corrected chi connectivity index (χ1v) is 7.00. The Morgan fingerprint density at radius 1 is 1.38 bits per heavy atom. The molecule has 0 spiro atoms. The fourth-order valence-electron chi connectivity index (χ4n) is 2.75. The Morgan fingerprint density at radius 2 is 2.14 bits per heavy atom. The molecule has 1 unspecified atom stereocenters. The molecule has 0 bridgehead atoms. The number of nitrogens with zero attached hydrogens (tertiary/aromatic N) is 1. The third kappa shape index (κ3) is 2.57. The van der Waals surface area contributed by atoms with Crippen molar-refractivity contribution >= 4 is 11.8 Å². The fourth-order valence-corrected chi connectivity index (χ4v) is 2.75. The maximum Gasteiger partial charge on any atom is 0.243 e. The van der Waals surface area contributed by atoms with E-state index < -0.39 is 11.9 Å². The van der Waals surface area contributed by atoms with Crippen molar-refractivity contribution in [2.45, 2.75) is 25.4 Å². The summed E-state index contributed by atoms with van der Waals surface area (Å²) in [6.07, 6.45) is 1.87. The number of nitrogens with one attached hydrogen (secondary N) is 1. The Bertz CT molecular complexity index is 586. The molecule has 112 valence electrons. The predicted octanol–water partition coefficient (Wildman–Crippen LogP) is 1.07. The van der Waals surface area contributed by atoms with Crippen molar-refractivity contribution in [1.82, 2.24) is 10.2 Å². The number of benzene rings is 1. The zero-order valence-corrected chi connectivity index (χ0v) is 11.8. The van der Waals surface area contributed by atoms with Crippen LogP contribution in [0.5, 0.6) is 5.75 Å². The van der Waals surface area contributed by atoms with Gasteiger partial charge in [-0.2, -0.15) is 0 Å². The highest BCUT2D eigenvalue weighted by molar-refractivity contribution is 5.95. The van der Waals surface area contributed by atoms with E-state index in [0.717, 1.165) is 12.8 Å². The normalized spacial score (nSPS) is 22.2. The summed E-state index contributed by atoms with van der Waals surface area (Å²) in [7, 11) is 1.40. The quantitative estimate of drug-likeness (QED) is 0.903. The average Bonchev–Trinajstić information content (AvgIpc) is 3.29. The summed E-state index contributed by atoms with van der Waals surface area (Å²) in [4.78, 5) is 25.6. The number of amides is 2. The SMILES string of the molecule is COc1cccc(CN2C(=O)CNC(=O)C2C2CC2)c1F. The second-order valence-electron chi connectivity index (χ2n) is 5.46. The van der Waals surface area contributed by atoms with Gasteiger partial charge in [0.2, 0.25) is 11.8 Å². The van der Waals surface area contributed by atoms with Gasteiger partial charge in [0, 0.05) is 12.1 Å². The second-order valence-corrected chi connectivity index (χ2v) is 5.46. The van der Waals surface area contributed by atoms with E-state index in [1.54, 1.807) is 12.1 Å². The van der Waals surface area contributed by atoms with E-state index in [2.05, 4.69) is 5.32 Å². The van der Waals surface area contributed by atoms with Crippen LogP contribution in [0.1, 0.15) is 18.4 Å². The summed E-state index contributed by atoms with van der Waals surface area (Å²) in [6.45, 7) is 0.0735. The van der Waals surface area contributed by atoms with Crippen molar-refractivity contribution < 1.29 is 18.7 Å². The number of halogens is 1. The molecule has 0 aromatic heterocycles. The maximum atomic E-state index is 14.2. The molecule has 1 heterocycles. The minimum atomic E-state index is -0.478. The lowest BCUT2D eigenvalue weighted by Gasteiger charge is -2.35. The van der Waals surface area contributed by atoms with Crippen molar-refractivity contribution in [2.75, 3.05) is 13.7 Å². The molecule has 2 aliphatic rings. The topological polar surface area (TPSA) is 58.6 Å². The van der Waals surface area contributed by atoms with Gasteiger partial charge in [0.1, 0.15) is 6.04 Å². The van der Waals surface area contributed by atoms with Crippen LogP contribution in [-0.2, 0) is 16.1 Å². The van der Waals surface area contributed by atoms with E-state index in [9.17, 15) is 14.0 Å². The van der Waals surface area contributed by atoms with E-state index in [0.29, 0.717) is 5.56 Å². The number of carbonyl (C=O) groups is 2. The molecule has 1 aromatic rings. The molecule has 1 N–H and O–H groups in total. The molecule has 1 saturated heterocycles. The van der Waals surface area contributed by atoms with Crippen molar-refractivity contribution in [3.63, 3.8) is 0 Å². The molecule has 2 fully saturated rings. The molecule has 1 saturated carbocycles. The van der Waals surface area contributed by atoms with Gasteiger partial charge >= 0.3 is 0 Å². The van der Waals surface area contributed by atoms with Crippen LogP contribution in [0.2, 0.25) is 0 Å². The third-order valence-corrected chi connectivity index (χ3v) is 4.01. The predicted molar refractivity (Wildman–Crippen MR) is 73.0 cm³/mol. The minimum Gasteiger partial charge on any atom is -0.494 e. The highest BCUT2D eigenvalue weighted by Crippen LogP contribution is 2.37. The minimum absolute atomic E-state index is 0.0202. The highest BCUT2D eigenvalue weighted by atomic mass is 19.1. The first kappa shape index (κ1) is 13.9. The van der Waals surface area contributed by atoms with Crippen molar-refractivity contribution in [3.8, 4) is 5.75 Å². The molecular weight excluding hydrogens is 275 g/mol. The molecule has 1 atom stereocenters. The van der Waals surface area contributed by atoms with Crippen LogP contribution in [0.3, 0.4) is 0 Å². The molecule has 0 radical (unpaired) electrons. The van der Waals surface area contributed by atoms with E-state index in [-0.39, 0.29) is 36.6 Å². The molecule has 6 heteroatoms. The second kappa shape index (κ2) is 5.35. The molecule has 21 heavy (non-hydrogen) atoms. The lowest BCUT2D eigenvalue weighted by atomic mass is 10.1. The van der Waals surface area contributed by atoms with Crippen LogP contribution in [0, 0.1) is 11.7 Å². The summed E-state index contributed by atoms with van der Waals surface area (Å²) < 4.78 is 19.2. The molecule has 5 nitrogen and oxygen atoms in total. The summed E-state index contributed by atoms with van der Waals surface area (Å²) >= 11 is 0. The van der Waals surface area contributed by atoms with Gasteiger partial charge < -0.3 is 15.0 Å². The Balaban J connectivity index is 1.87. The molecule has 2 amide bonds. The molecular formula is C15H17FN2O3. The average molecular weight is 292 g/mol. The number of hydrogen-bond donors (Lipinski definition) is 1. The molecule has 3 rings (SSSR count). The van der Waals surface area contributed by atoms with Gasteiger partial charge in [-0.1, -0.05) is 12.1 Å². The monoisotopic (exact) mass is 292 g/mol. The first-order valence-electron chi connectivity index (χ1n) is 7.00. The highest BCUT2D eigenvalue weighted by Gasteiger charge is 2.44. The number of carbonyl (C=O) groups excluding carboxylic acids is 2. The van der Waals surface area contributed by atoms with Crippen molar-refractivity contribution in [2.24, 2.45) is 5.92 Å². The Kier molecular flexibility index (Phi) is 3.53. The molecule has 1 aliphatic carbocycles. The van der Waals surface area contributed by atoms with Gasteiger partial charge in [0.15, 0.2) is 11.6 Å². The summed E-state index contributed by atoms with van der Waals surface area (Å²) in [5, 5.41) is 2.61. The van der Waals surface area contributed by atoms with Gasteiger partial charge in [0.05, 0.1) is 13.7 Å². The van der Waals surface area contributed by atoms with E-state index in [4.69, 9.17) is 4.74 Å². The number of rotatable bonds is 4. The smallest absolute Gasteiger partial charge is 0.243 e. The van der Waals surface area contributed by atoms with E-state index in [1.165, 1.54) is 18.1 Å². The van der Waals surface area contributed by atoms with Gasteiger partial charge in [-0.05, 0) is 24.8 Å². The number of hydrogen-bond acceptors (Lipinski definition) is 3. The van der Waals surface area contributed by atoms with Crippen LogP contribution in [0.25, 0.3) is 0 Å². The van der Waals surface area contributed by atoms with Crippen LogP contribution in [-0.4, -0.2) is 36.4 Å². The zero-order chi connectivity index (χ0) is 15.0. The van der Waals surface area contributed by atoms with Crippen molar-refractivity contribution in [3.05, 3.63) is 29.6 Å². The zero-order valence-electron chi connectivity index (χ0n) is 11.8. The summed E-state index contributed by atoms with van der Waals surface area (Å²) in [5.41, 5.74) is 0.364. The largest absolute Gasteiger partial charge is 0.494 e. The van der Waals surface area contributed by atoms with Crippen molar-refractivity contribution in [1.29, 1.82) is 0 Å². The Morgan fingerprint density at radius 3 is 2.81 bits per heavy atom. The van der Waals surface area contributed by atoms with Crippen LogP contribution < -0.4 is 10.1 Å². The molecule has 1 aliphatic heterocycles. The Hall–Kier alpha value is -2.11. The lowest BCUT2D eigenvalue weighted by Crippen LogP contribution is -2.58. The third-order valence-electron chi connectivity index (χ3n) is 4.01. The van der Waals surface area contributed by atoms with Crippen LogP contribution >= 0.6 is 0 Å². The molecule has 1 aromatic carbocycles. The maximum absolute atomic E-state index is 14.2. The summed E-state index contributed by atoms with van der Waals surface area (Å²) in [5.74, 6) is -0.449. The van der Waals surface area contributed by atoms with Gasteiger partial charge in [0.25, 0.3) is 0 Å². The van der Waals surface area contributed by atoms with Gasteiger partial charge in [-0.25, -0.2) is 4.39 Å². The van der Waals surface area contributed by atoms with E-state index >= 15 is 0 Å². The lowest BCUT2D eigenvalue weighted by molar-refractivity contribution is -0.147. The van der Waals surface area contributed by atoms with Gasteiger partial charge in [-0.3, -0.25) is 9.59 Å². The van der Waals surface area contributed by atoms with Crippen LogP contribution in [0.15, 0.2) is 18.2 Å². The number of methoxy groups -OCH3 is 1. The van der Waals surface area contributed by atoms with E-state index in [1.807, 2.05) is 0 Å².